The normalized spacial score (nSPS) is 12.6. The molecule has 0 radical (unpaired) electrons. The van der Waals surface area contributed by atoms with Crippen molar-refractivity contribution in [3.05, 3.63) is 72.7 Å². The zero-order chi connectivity index (χ0) is 15.6. The van der Waals surface area contributed by atoms with Gasteiger partial charge in [-0.2, -0.15) is 5.10 Å². The molecule has 3 aromatic heterocycles. The molecule has 0 fully saturated rings. The summed E-state index contributed by atoms with van der Waals surface area (Å²) in [5.74, 6) is 0. The third-order valence-electron chi connectivity index (χ3n) is 3.73. The van der Waals surface area contributed by atoms with Gasteiger partial charge in [0.1, 0.15) is 0 Å². The second-order valence-electron chi connectivity index (χ2n) is 5.37. The number of pyridine rings is 1. The number of nitrogens with one attached hydrogen (secondary N) is 1. The molecular weight excluding hydrogens is 304 g/mol. The predicted molar refractivity (Wildman–Crippen MR) is 93.5 cm³/mol. The number of imidazole rings is 1. The van der Waals surface area contributed by atoms with Crippen LogP contribution in [-0.4, -0.2) is 19.6 Å². The van der Waals surface area contributed by atoms with Gasteiger partial charge < -0.3 is 4.98 Å². The lowest BCUT2D eigenvalue weighted by Gasteiger charge is -2.05. The highest BCUT2D eigenvalue weighted by atomic mass is 32.2. The van der Waals surface area contributed by atoms with E-state index in [1.165, 1.54) is 0 Å². The van der Waals surface area contributed by atoms with Gasteiger partial charge in [-0.25, -0.2) is 9.50 Å². The van der Waals surface area contributed by atoms with E-state index in [9.17, 15) is 0 Å². The third kappa shape index (κ3) is 2.87. The van der Waals surface area contributed by atoms with Crippen LogP contribution in [0, 0.1) is 0 Å². The van der Waals surface area contributed by atoms with Gasteiger partial charge in [0, 0.05) is 6.20 Å². The number of thioether (sulfide) groups is 1. The van der Waals surface area contributed by atoms with Crippen molar-refractivity contribution in [3.63, 3.8) is 0 Å². The molecule has 3 heterocycles. The molecule has 0 aliphatic carbocycles. The molecule has 4 nitrogen and oxygen atoms in total. The number of nitrogens with zero attached hydrogens (tertiary/aromatic N) is 3. The quantitative estimate of drug-likeness (QED) is 0.560. The summed E-state index contributed by atoms with van der Waals surface area (Å²) in [4.78, 5) is 7.87. The summed E-state index contributed by atoms with van der Waals surface area (Å²) in [6.45, 7) is 2.15. The largest absolute Gasteiger partial charge is 0.333 e. The highest BCUT2D eigenvalue weighted by Crippen LogP contribution is 2.33. The van der Waals surface area contributed by atoms with E-state index in [2.05, 4.69) is 46.3 Å². The van der Waals surface area contributed by atoms with E-state index in [-0.39, 0.29) is 5.25 Å². The molecule has 1 aromatic carbocycles. The number of rotatable bonds is 4. The van der Waals surface area contributed by atoms with E-state index in [0.29, 0.717) is 0 Å². The topological polar surface area (TPSA) is 46.0 Å². The van der Waals surface area contributed by atoms with Crippen molar-refractivity contribution in [1.82, 2.24) is 19.6 Å². The summed E-state index contributed by atoms with van der Waals surface area (Å²) in [6.07, 6.45) is 3.85. The van der Waals surface area contributed by atoms with Crippen molar-refractivity contribution in [1.29, 1.82) is 0 Å². The molecule has 0 saturated heterocycles. The maximum Gasteiger partial charge on any atom is 0.166 e. The fourth-order valence-electron chi connectivity index (χ4n) is 2.51. The summed E-state index contributed by atoms with van der Waals surface area (Å²) < 4.78 is 1.91. The Morgan fingerprint density at radius 1 is 1.09 bits per heavy atom. The Hall–Kier alpha value is -2.53. The molecule has 4 rings (SSSR count). The fourth-order valence-corrected chi connectivity index (χ4v) is 3.36. The number of benzene rings is 1. The molecule has 1 N–H and O–H groups in total. The first-order chi connectivity index (χ1) is 11.3. The summed E-state index contributed by atoms with van der Waals surface area (Å²) in [6, 6.07) is 18.4. The second-order valence-corrected chi connectivity index (χ2v) is 6.70. The van der Waals surface area contributed by atoms with Crippen LogP contribution in [0.1, 0.15) is 17.9 Å². The van der Waals surface area contributed by atoms with Crippen LogP contribution in [0.5, 0.6) is 0 Å². The fraction of sp³-hybridized carbons (Fsp3) is 0.111. The van der Waals surface area contributed by atoms with Crippen molar-refractivity contribution in [3.8, 4) is 11.3 Å². The summed E-state index contributed by atoms with van der Waals surface area (Å²) in [5, 5.41) is 5.77. The van der Waals surface area contributed by atoms with Gasteiger partial charge in [-0.05, 0) is 30.7 Å². The number of fused-ring (bicyclic) bond motifs is 1. The van der Waals surface area contributed by atoms with Crippen LogP contribution in [0.25, 0.3) is 16.8 Å². The van der Waals surface area contributed by atoms with Gasteiger partial charge in [0.05, 0.1) is 28.4 Å². The first-order valence-corrected chi connectivity index (χ1v) is 8.39. The first kappa shape index (κ1) is 14.1. The Labute approximate surface area is 138 Å². The van der Waals surface area contributed by atoms with Gasteiger partial charge in [-0.1, -0.05) is 48.2 Å². The Morgan fingerprint density at radius 3 is 2.74 bits per heavy atom. The molecule has 4 aromatic rings. The van der Waals surface area contributed by atoms with Crippen molar-refractivity contribution in [2.75, 3.05) is 0 Å². The van der Waals surface area contributed by atoms with Crippen LogP contribution in [0.2, 0.25) is 0 Å². The maximum atomic E-state index is 4.63. The van der Waals surface area contributed by atoms with Gasteiger partial charge in [0.2, 0.25) is 0 Å². The molecule has 0 aliphatic heterocycles. The average Bonchev–Trinajstić information content (AvgIpc) is 3.22. The number of hydrogen-bond donors (Lipinski definition) is 1. The van der Waals surface area contributed by atoms with E-state index < -0.39 is 0 Å². The first-order valence-electron chi connectivity index (χ1n) is 7.51. The number of H-pyrrole nitrogens is 1. The van der Waals surface area contributed by atoms with Crippen LogP contribution in [0.4, 0.5) is 0 Å². The van der Waals surface area contributed by atoms with Gasteiger partial charge in [0.25, 0.3) is 0 Å². The minimum atomic E-state index is 0.227. The Kier molecular flexibility index (Phi) is 3.63. The molecule has 0 aliphatic rings. The lowest BCUT2D eigenvalue weighted by atomic mass is 10.2. The Morgan fingerprint density at radius 2 is 1.91 bits per heavy atom. The van der Waals surface area contributed by atoms with Gasteiger partial charge in [-0.3, -0.25) is 0 Å². The lowest BCUT2D eigenvalue weighted by molar-refractivity contribution is 0.884. The molecule has 23 heavy (non-hydrogen) atoms. The molecule has 0 amide bonds. The molecule has 0 spiro atoms. The maximum absolute atomic E-state index is 4.63. The van der Waals surface area contributed by atoms with Crippen LogP contribution in [-0.2, 0) is 0 Å². The molecule has 0 bridgehead atoms. The average molecular weight is 320 g/mol. The zero-order valence-corrected chi connectivity index (χ0v) is 13.5. The second kappa shape index (κ2) is 5.93. The number of aromatic amines is 1. The van der Waals surface area contributed by atoms with E-state index in [4.69, 9.17) is 0 Å². The van der Waals surface area contributed by atoms with Gasteiger partial charge in [-0.15, -0.1) is 0 Å². The van der Waals surface area contributed by atoms with Crippen molar-refractivity contribution in [2.45, 2.75) is 17.3 Å². The third-order valence-corrected chi connectivity index (χ3v) is 4.76. The van der Waals surface area contributed by atoms with Crippen LogP contribution >= 0.6 is 11.8 Å². The van der Waals surface area contributed by atoms with E-state index in [1.54, 1.807) is 11.8 Å². The highest BCUT2D eigenvalue weighted by Gasteiger charge is 2.14. The van der Waals surface area contributed by atoms with Crippen molar-refractivity contribution < 1.29 is 0 Å². The van der Waals surface area contributed by atoms with Gasteiger partial charge in [0.15, 0.2) is 5.16 Å². The summed E-state index contributed by atoms with van der Waals surface area (Å²) in [7, 11) is 0. The summed E-state index contributed by atoms with van der Waals surface area (Å²) in [5.41, 5.74) is 4.35. The highest BCUT2D eigenvalue weighted by molar-refractivity contribution is 7.99. The summed E-state index contributed by atoms with van der Waals surface area (Å²) >= 11 is 1.68. The van der Waals surface area contributed by atoms with Crippen molar-refractivity contribution in [2.24, 2.45) is 0 Å². The monoisotopic (exact) mass is 320 g/mol. The van der Waals surface area contributed by atoms with Crippen LogP contribution in [0.3, 0.4) is 0 Å². The molecule has 5 heteroatoms. The standard InChI is InChI=1S/C18H16N4S/c1-13(16-11-15-9-5-6-10-22(15)21-16)23-18-19-12-17(20-18)14-7-3-2-4-8-14/h2-13H,1H3,(H,19,20). The van der Waals surface area contributed by atoms with Crippen LogP contribution < -0.4 is 0 Å². The molecule has 0 saturated carbocycles. The molecular formula is C18H16N4S. The molecule has 1 unspecified atom stereocenters. The predicted octanol–water partition coefficient (Wildman–Crippen LogP) is 4.58. The SMILES string of the molecule is CC(Sc1ncc(-c2ccccc2)[nH]1)c1cc2ccccn2n1. The van der Waals surface area contributed by atoms with E-state index in [1.807, 2.05) is 47.2 Å². The minimum absolute atomic E-state index is 0.227. The van der Waals surface area contributed by atoms with Gasteiger partial charge >= 0.3 is 0 Å². The molecule has 1 atom stereocenters. The van der Waals surface area contributed by atoms with E-state index >= 15 is 0 Å². The lowest BCUT2D eigenvalue weighted by Crippen LogP contribution is -1.92. The van der Waals surface area contributed by atoms with Crippen molar-refractivity contribution >= 4 is 17.3 Å². The minimum Gasteiger partial charge on any atom is -0.333 e. The van der Waals surface area contributed by atoms with Crippen LogP contribution in [0.15, 0.2) is 72.1 Å². The smallest absolute Gasteiger partial charge is 0.166 e. The Balaban J connectivity index is 1.54. The molecule has 114 valence electrons. The number of hydrogen-bond acceptors (Lipinski definition) is 3. The Bertz CT molecular complexity index is 893. The number of aromatic nitrogens is 4. The zero-order valence-electron chi connectivity index (χ0n) is 12.7. The van der Waals surface area contributed by atoms with E-state index in [0.717, 1.165) is 27.6 Å².